The number of aliphatic hydroxyl groups is 1. The number of aliphatic hydroxyl groups excluding tert-OH is 1. The fourth-order valence-corrected chi connectivity index (χ4v) is 2.73. The Balaban J connectivity index is 1.84. The van der Waals surface area contributed by atoms with Crippen molar-refractivity contribution in [2.45, 2.75) is 12.5 Å². The van der Waals surface area contributed by atoms with Crippen molar-refractivity contribution in [2.75, 3.05) is 6.54 Å². The number of benzene rings is 1. The second-order valence-corrected chi connectivity index (χ2v) is 6.00. The van der Waals surface area contributed by atoms with Crippen LogP contribution in [0.4, 0.5) is 0 Å². The van der Waals surface area contributed by atoms with Crippen LogP contribution in [0.1, 0.15) is 27.8 Å². The number of hydrogen-bond donors (Lipinski definition) is 2. The third kappa shape index (κ3) is 3.96. The van der Waals surface area contributed by atoms with Crippen LogP contribution in [0.25, 0.3) is 0 Å². The van der Waals surface area contributed by atoms with Crippen molar-refractivity contribution >= 4 is 40.4 Å². The summed E-state index contributed by atoms with van der Waals surface area (Å²) >= 11 is 13.1. The molecule has 0 saturated carbocycles. The molecule has 1 amide bonds. The van der Waals surface area contributed by atoms with Gasteiger partial charge in [-0.05, 0) is 36.1 Å². The van der Waals surface area contributed by atoms with Gasteiger partial charge in [-0.1, -0.05) is 29.3 Å². The number of amides is 1. The second-order valence-electron chi connectivity index (χ2n) is 4.20. The molecular formula is C14H13Cl2NO2S. The fourth-order valence-electron chi connectivity index (χ4n) is 1.68. The molecular weight excluding hydrogens is 317 g/mol. The molecule has 0 bridgehead atoms. The predicted octanol–water partition coefficient (Wildman–Crippen LogP) is 3.91. The van der Waals surface area contributed by atoms with Gasteiger partial charge >= 0.3 is 0 Å². The minimum Gasteiger partial charge on any atom is -0.388 e. The Morgan fingerprint density at radius 2 is 2.10 bits per heavy atom. The number of carbonyl (C=O) groups excluding carboxylic acids is 1. The molecule has 0 aliphatic rings. The SMILES string of the molecule is O=C(NCC[C@@H](O)c1cccs1)c1ccc(Cl)c(Cl)c1. The zero-order chi connectivity index (χ0) is 14.5. The number of halogens is 2. The zero-order valence-corrected chi connectivity index (χ0v) is 12.8. The molecule has 6 heteroatoms. The molecule has 0 spiro atoms. The third-order valence-corrected chi connectivity index (χ3v) is 4.47. The van der Waals surface area contributed by atoms with Gasteiger partial charge in [-0.2, -0.15) is 0 Å². The number of thiophene rings is 1. The van der Waals surface area contributed by atoms with Crippen LogP contribution >= 0.6 is 34.5 Å². The molecule has 1 heterocycles. The summed E-state index contributed by atoms with van der Waals surface area (Å²) in [5.41, 5.74) is 0.449. The molecule has 2 N–H and O–H groups in total. The van der Waals surface area contributed by atoms with E-state index in [2.05, 4.69) is 5.32 Å². The van der Waals surface area contributed by atoms with E-state index < -0.39 is 6.10 Å². The highest BCUT2D eigenvalue weighted by atomic mass is 35.5. The average molecular weight is 330 g/mol. The van der Waals surface area contributed by atoms with Crippen LogP contribution in [-0.2, 0) is 0 Å². The van der Waals surface area contributed by atoms with Gasteiger partial charge in [0.05, 0.1) is 16.1 Å². The Morgan fingerprint density at radius 3 is 2.75 bits per heavy atom. The standard InChI is InChI=1S/C14H13Cl2NO2S/c15-10-4-3-9(8-11(10)16)14(19)17-6-5-12(18)13-2-1-7-20-13/h1-4,7-8,12,18H,5-6H2,(H,17,19)/t12-/m1/s1. The van der Waals surface area contributed by atoms with E-state index in [1.165, 1.54) is 17.4 Å². The van der Waals surface area contributed by atoms with E-state index in [4.69, 9.17) is 23.2 Å². The number of hydrogen-bond acceptors (Lipinski definition) is 3. The van der Waals surface area contributed by atoms with E-state index in [-0.39, 0.29) is 5.91 Å². The molecule has 0 unspecified atom stereocenters. The maximum atomic E-state index is 11.9. The van der Waals surface area contributed by atoms with Crippen molar-refractivity contribution in [2.24, 2.45) is 0 Å². The van der Waals surface area contributed by atoms with Crippen LogP contribution in [-0.4, -0.2) is 17.6 Å². The van der Waals surface area contributed by atoms with E-state index in [1.54, 1.807) is 12.1 Å². The molecule has 0 aliphatic heterocycles. The maximum absolute atomic E-state index is 11.9. The minimum atomic E-state index is -0.552. The van der Waals surface area contributed by atoms with Crippen molar-refractivity contribution in [3.05, 3.63) is 56.2 Å². The first kappa shape index (κ1) is 15.3. The molecule has 3 nitrogen and oxygen atoms in total. The Hall–Kier alpha value is -1.07. The van der Waals surface area contributed by atoms with Crippen molar-refractivity contribution < 1.29 is 9.90 Å². The first-order valence-electron chi connectivity index (χ1n) is 6.02. The Kier molecular flexibility index (Phi) is 5.43. The molecule has 0 aliphatic carbocycles. The molecule has 1 aromatic carbocycles. The lowest BCUT2D eigenvalue weighted by Gasteiger charge is -2.10. The van der Waals surface area contributed by atoms with Crippen LogP contribution in [0.15, 0.2) is 35.7 Å². The maximum Gasteiger partial charge on any atom is 0.251 e. The van der Waals surface area contributed by atoms with Gasteiger partial charge in [-0.15, -0.1) is 11.3 Å². The molecule has 106 valence electrons. The van der Waals surface area contributed by atoms with Gasteiger partial charge in [0.15, 0.2) is 0 Å². The molecule has 1 atom stereocenters. The van der Waals surface area contributed by atoms with Gasteiger partial charge in [-0.3, -0.25) is 4.79 Å². The van der Waals surface area contributed by atoms with Gasteiger partial charge in [0, 0.05) is 17.0 Å². The van der Waals surface area contributed by atoms with Crippen molar-refractivity contribution in [3.63, 3.8) is 0 Å². The molecule has 0 saturated heterocycles. The van der Waals surface area contributed by atoms with Gasteiger partial charge in [0.1, 0.15) is 0 Å². The summed E-state index contributed by atoms with van der Waals surface area (Å²) in [5.74, 6) is -0.234. The largest absolute Gasteiger partial charge is 0.388 e. The van der Waals surface area contributed by atoms with E-state index in [0.717, 1.165) is 4.88 Å². The Morgan fingerprint density at radius 1 is 1.30 bits per heavy atom. The zero-order valence-electron chi connectivity index (χ0n) is 10.5. The van der Waals surface area contributed by atoms with Crippen LogP contribution in [0.3, 0.4) is 0 Å². The summed E-state index contributed by atoms with van der Waals surface area (Å²) in [6.07, 6.45) is -0.0859. The van der Waals surface area contributed by atoms with Crippen molar-refractivity contribution in [3.8, 4) is 0 Å². The topological polar surface area (TPSA) is 49.3 Å². The van der Waals surface area contributed by atoms with Crippen LogP contribution in [0.2, 0.25) is 10.0 Å². The number of carbonyl (C=O) groups is 1. The number of nitrogens with one attached hydrogen (secondary N) is 1. The highest BCUT2D eigenvalue weighted by Gasteiger charge is 2.11. The average Bonchev–Trinajstić information content (AvgIpc) is 2.95. The van der Waals surface area contributed by atoms with Crippen molar-refractivity contribution in [1.29, 1.82) is 0 Å². The highest BCUT2D eigenvalue weighted by Crippen LogP contribution is 2.23. The van der Waals surface area contributed by atoms with E-state index in [0.29, 0.717) is 28.6 Å². The molecule has 1 aromatic heterocycles. The molecule has 20 heavy (non-hydrogen) atoms. The van der Waals surface area contributed by atoms with Crippen LogP contribution in [0.5, 0.6) is 0 Å². The Bertz CT molecular complexity index is 587. The van der Waals surface area contributed by atoms with Crippen LogP contribution in [0, 0.1) is 0 Å². The molecule has 2 aromatic rings. The first-order valence-corrected chi connectivity index (χ1v) is 7.66. The van der Waals surface area contributed by atoms with Gasteiger partial charge in [-0.25, -0.2) is 0 Å². The summed E-state index contributed by atoms with van der Waals surface area (Å²) < 4.78 is 0. The van der Waals surface area contributed by atoms with Crippen molar-refractivity contribution in [1.82, 2.24) is 5.32 Å². The highest BCUT2D eigenvalue weighted by molar-refractivity contribution is 7.10. The van der Waals surface area contributed by atoms with Gasteiger partial charge in [0.2, 0.25) is 0 Å². The fraction of sp³-hybridized carbons (Fsp3) is 0.214. The summed E-state index contributed by atoms with van der Waals surface area (Å²) in [6.45, 7) is 0.387. The quantitative estimate of drug-likeness (QED) is 0.873. The summed E-state index contributed by atoms with van der Waals surface area (Å²) in [6, 6.07) is 8.47. The molecule has 2 rings (SSSR count). The molecule has 0 radical (unpaired) electrons. The lowest BCUT2D eigenvalue weighted by Crippen LogP contribution is -2.25. The van der Waals surface area contributed by atoms with Crippen LogP contribution < -0.4 is 5.32 Å². The monoisotopic (exact) mass is 329 g/mol. The Labute approximate surface area is 131 Å². The summed E-state index contributed by atoms with van der Waals surface area (Å²) in [7, 11) is 0. The lowest BCUT2D eigenvalue weighted by molar-refractivity contribution is 0.0943. The van der Waals surface area contributed by atoms with E-state index in [1.807, 2.05) is 17.5 Å². The molecule has 0 fully saturated rings. The van der Waals surface area contributed by atoms with Gasteiger partial charge in [0.25, 0.3) is 5.91 Å². The summed E-state index contributed by atoms with van der Waals surface area (Å²) in [5, 5.41) is 15.3. The smallest absolute Gasteiger partial charge is 0.251 e. The predicted molar refractivity (Wildman–Crippen MR) is 82.7 cm³/mol. The third-order valence-electron chi connectivity index (χ3n) is 2.76. The van der Waals surface area contributed by atoms with E-state index >= 15 is 0 Å². The normalized spacial score (nSPS) is 12.2. The van der Waals surface area contributed by atoms with E-state index in [9.17, 15) is 9.90 Å². The van der Waals surface area contributed by atoms with Gasteiger partial charge < -0.3 is 10.4 Å². The lowest BCUT2D eigenvalue weighted by atomic mass is 10.2. The first-order chi connectivity index (χ1) is 9.58. The minimum absolute atomic E-state index is 0.234. The second kappa shape index (κ2) is 7.09. The number of rotatable bonds is 5. The summed E-state index contributed by atoms with van der Waals surface area (Å²) in [4.78, 5) is 12.8.